The predicted octanol–water partition coefficient (Wildman–Crippen LogP) is 6.93. The average molecular weight is 355 g/mol. The van der Waals surface area contributed by atoms with E-state index in [0.29, 0.717) is 23.3 Å². The van der Waals surface area contributed by atoms with E-state index >= 15 is 0 Å². The van der Waals surface area contributed by atoms with Crippen molar-refractivity contribution in [2.24, 2.45) is 5.41 Å². The van der Waals surface area contributed by atoms with Gasteiger partial charge >= 0.3 is 0 Å². The molecule has 2 saturated carbocycles. The molecule has 0 N–H and O–H groups in total. The number of halogens is 1. The summed E-state index contributed by atoms with van der Waals surface area (Å²) in [7, 11) is 0. The highest BCUT2D eigenvalue weighted by molar-refractivity contribution is 6.17. The van der Waals surface area contributed by atoms with Crippen LogP contribution in [0.1, 0.15) is 63.0 Å². The second-order valence-corrected chi connectivity index (χ2v) is 8.53. The molecule has 0 spiro atoms. The fourth-order valence-electron chi connectivity index (χ4n) is 4.32. The Bertz CT molecular complexity index is 746. The van der Waals surface area contributed by atoms with Gasteiger partial charge in [0, 0.05) is 11.1 Å². The highest BCUT2D eigenvalue weighted by Gasteiger charge is 2.40. The van der Waals surface area contributed by atoms with Crippen LogP contribution in [0, 0.1) is 5.41 Å². The van der Waals surface area contributed by atoms with Crippen LogP contribution in [0.3, 0.4) is 0 Å². The number of hydrogen-bond acceptors (Lipinski definition) is 1. The first-order valence-corrected chi connectivity index (χ1v) is 10.1. The summed E-state index contributed by atoms with van der Waals surface area (Å²) < 4.78 is 6.46. The molecule has 2 heteroatoms. The van der Waals surface area contributed by atoms with Gasteiger partial charge in [0.2, 0.25) is 0 Å². The summed E-state index contributed by atoms with van der Waals surface area (Å²) in [5.41, 5.74) is 5.45. The zero-order valence-electron chi connectivity index (χ0n) is 15.2. The molecule has 2 aromatic carbocycles. The van der Waals surface area contributed by atoms with Crippen molar-refractivity contribution >= 4 is 11.6 Å². The lowest BCUT2D eigenvalue weighted by molar-refractivity contribution is 0.280. The third-order valence-corrected chi connectivity index (χ3v) is 6.21. The summed E-state index contributed by atoms with van der Waals surface area (Å²) in [6.45, 7) is 4.82. The Labute approximate surface area is 156 Å². The van der Waals surface area contributed by atoms with Gasteiger partial charge in [-0.3, -0.25) is 0 Å². The van der Waals surface area contributed by atoms with Crippen molar-refractivity contribution in [1.82, 2.24) is 0 Å². The van der Waals surface area contributed by atoms with E-state index in [1.54, 1.807) is 0 Å². The van der Waals surface area contributed by atoms with Crippen molar-refractivity contribution in [3.63, 3.8) is 0 Å². The molecule has 25 heavy (non-hydrogen) atoms. The van der Waals surface area contributed by atoms with Gasteiger partial charge in [0.1, 0.15) is 5.75 Å². The maximum atomic E-state index is 6.46. The van der Waals surface area contributed by atoms with Gasteiger partial charge in [-0.1, -0.05) is 62.7 Å². The van der Waals surface area contributed by atoms with E-state index in [9.17, 15) is 0 Å². The minimum absolute atomic E-state index is 0.302. The van der Waals surface area contributed by atoms with Crippen LogP contribution >= 0.6 is 11.6 Å². The fraction of sp³-hybridized carbons (Fsp3) is 0.478. The SMILES string of the molecule is CC1(C)CCC[C@@H]1c1c(-c2ccccc2)ccc(CCl)c1OC1CC1. The molecule has 1 nitrogen and oxygen atoms in total. The second-order valence-electron chi connectivity index (χ2n) is 8.27. The number of alkyl halides is 1. The highest BCUT2D eigenvalue weighted by Crippen LogP contribution is 2.54. The van der Waals surface area contributed by atoms with Gasteiger partial charge in [-0.25, -0.2) is 0 Å². The molecule has 0 aliphatic heterocycles. The molecule has 0 bridgehead atoms. The van der Waals surface area contributed by atoms with Crippen LogP contribution in [0.15, 0.2) is 42.5 Å². The Hall–Kier alpha value is -1.47. The first-order valence-electron chi connectivity index (χ1n) is 9.54. The van der Waals surface area contributed by atoms with Crippen LogP contribution in [0.2, 0.25) is 0 Å². The number of ether oxygens (including phenoxy) is 1. The van der Waals surface area contributed by atoms with E-state index in [-0.39, 0.29) is 0 Å². The molecule has 132 valence electrons. The molecule has 2 aliphatic rings. The molecule has 2 fully saturated rings. The average Bonchev–Trinajstić information content (AvgIpc) is 3.37. The molecule has 0 radical (unpaired) electrons. The molecular formula is C23H27ClO. The number of rotatable bonds is 5. The molecule has 2 aliphatic carbocycles. The highest BCUT2D eigenvalue weighted by atomic mass is 35.5. The van der Waals surface area contributed by atoms with Crippen molar-refractivity contribution < 1.29 is 4.74 Å². The van der Waals surface area contributed by atoms with E-state index in [0.717, 1.165) is 11.3 Å². The first-order chi connectivity index (χ1) is 12.1. The minimum atomic E-state index is 0.302. The summed E-state index contributed by atoms with van der Waals surface area (Å²) in [5.74, 6) is 2.12. The molecule has 0 saturated heterocycles. The van der Waals surface area contributed by atoms with Gasteiger partial charge in [-0.05, 0) is 48.1 Å². The van der Waals surface area contributed by atoms with E-state index < -0.39 is 0 Å². The molecule has 0 heterocycles. The monoisotopic (exact) mass is 354 g/mol. The van der Waals surface area contributed by atoms with Crippen LogP contribution in [0.25, 0.3) is 11.1 Å². The third-order valence-electron chi connectivity index (χ3n) is 5.92. The third kappa shape index (κ3) is 3.31. The quantitative estimate of drug-likeness (QED) is 0.529. The van der Waals surface area contributed by atoms with Crippen LogP contribution in [0.4, 0.5) is 0 Å². The summed E-state index contributed by atoms with van der Waals surface area (Å²) in [6, 6.07) is 15.2. The lowest BCUT2D eigenvalue weighted by Gasteiger charge is -2.32. The Kier molecular flexibility index (Phi) is 4.54. The maximum absolute atomic E-state index is 6.46. The minimum Gasteiger partial charge on any atom is -0.490 e. The standard InChI is InChI=1S/C23H27ClO/c1-23(2)14-6-9-20(23)21-19(16-7-4-3-5-8-16)13-10-17(15-24)22(21)25-18-11-12-18/h3-5,7-8,10,13,18,20H,6,9,11-12,14-15H2,1-2H3/t20-/m1/s1. The molecule has 1 atom stereocenters. The normalized spacial score (nSPS) is 22.1. The van der Waals surface area contributed by atoms with E-state index in [1.165, 1.54) is 48.8 Å². The van der Waals surface area contributed by atoms with Gasteiger partial charge in [0.25, 0.3) is 0 Å². The van der Waals surface area contributed by atoms with Gasteiger partial charge in [0.05, 0.1) is 12.0 Å². The molecule has 4 rings (SSSR count). The van der Waals surface area contributed by atoms with Crippen LogP contribution < -0.4 is 4.74 Å². The van der Waals surface area contributed by atoms with Gasteiger partial charge in [0.15, 0.2) is 0 Å². The van der Waals surface area contributed by atoms with Crippen molar-refractivity contribution in [3.8, 4) is 16.9 Å². The molecule has 2 aromatic rings. The fourth-order valence-corrected chi connectivity index (χ4v) is 4.53. The Morgan fingerprint density at radius 2 is 1.80 bits per heavy atom. The zero-order valence-corrected chi connectivity index (χ0v) is 16.0. The van der Waals surface area contributed by atoms with Crippen LogP contribution in [-0.2, 0) is 5.88 Å². The van der Waals surface area contributed by atoms with Gasteiger partial charge in [-0.15, -0.1) is 11.6 Å². The summed E-state index contributed by atoms with van der Waals surface area (Å²) >= 11 is 6.30. The Balaban J connectivity index is 1.91. The molecular weight excluding hydrogens is 328 g/mol. The van der Waals surface area contributed by atoms with Crippen molar-refractivity contribution in [1.29, 1.82) is 0 Å². The topological polar surface area (TPSA) is 9.23 Å². The maximum Gasteiger partial charge on any atom is 0.128 e. The van der Waals surface area contributed by atoms with Crippen molar-refractivity contribution in [2.75, 3.05) is 0 Å². The van der Waals surface area contributed by atoms with Gasteiger partial charge < -0.3 is 4.74 Å². The lowest BCUT2D eigenvalue weighted by Crippen LogP contribution is -2.18. The second kappa shape index (κ2) is 6.68. The Morgan fingerprint density at radius 1 is 1.04 bits per heavy atom. The van der Waals surface area contributed by atoms with Crippen LogP contribution in [-0.4, -0.2) is 6.10 Å². The van der Waals surface area contributed by atoms with Crippen molar-refractivity contribution in [3.05, 3.63) is 53.6 Å². The largest absolute Gasteiger partial charge is 0.490 e. The van der Waals surface area contributed by atoms with E-state index in [4.69, 9.17) is 16.3 Å². The smallest absolute Gasteiger partial charge is 0.128 e. The van der Waals surface area contributed by atoms with Crippen molar-refractivity contribution in [2.45, 2.75) is 63.9 Å². The number of benzene rings is 2. The summed E-state index contributed by atoms with van der Waals surface area (Å²) in [6.07, 6.45) is 6.53. The Morgan fingerprint density at radius 3 is 2.40 bits per heavy atom. The van der Waals surface area contributed by atoms with Gasteiger partial charge in [-0.2, -0.15) is 0 Å². The number of hydrogen-bond donors (Lipinski definition) is 0. The summed E-state index contributed by atoms with van der Waals surface area (Å²) in [5, 5.41) is 0. The van der Waals surface area contributed by atoms with E-state index in [1.807, 2.05) is 0 Å². The summed E-state index contributed by atoms with van der Waals surface area (Å²) in [4.78, 5) is 0. The molecule has 0 unspecified atom stereocenters. The zero-order chi connectivity index (χ0) is 17.4. The molecule has 0 aromatic heterocycles. The molecule has 0 amide bonds. The lowest BCUT2D eigenvalue weighted by atomic mass is 9.74. The first kappa shape index (κ1) is 17.0. The van der Waals surface area contributed by atoms with Crippen LogP contribution in [0.5, 0.6) is 5.75 Å². The predicted molar refractivity (Wildman–Crippen MR) is 105 cm³/mol. The van der Waals surface area contributed by atoms with E-state index in [2.05, 4.69) is 56.3 Å².